The highest BCUT2D eigenvalue weighted by Gasteiger charge is 2.31. The lowest BCUT2D eigenvalue weighted by Gasteiger charge is -2.35. The van der Waals surface area contributed by atoms with Gasteiger partial charge in [-0.15, -0.1) is 0 Å². The number of nitrogens with one attached hydrogen (secondary N) is 1. The second kappa shape index (κ2) is 7.22. The van der Waals surface area contributed by atoms with Gasteiger partial charge in [-0.3, -0.25) is 4.90 Å². The maximum absolute atomic E-state index is 13.8. The molecule has 0 aliphatic carbocycles. The SMILES string of the molecule is CC(C)c1ccc2c(c1)C(N1CCNCC1)Cc1ccc(F)cc1S2=O. The molecule has 2 aromatic carbocycles. The van der Waals surface area contributed by atoms with Crippen molar-refractivity contribution in [1.29, 1.82) is 0 Å². The Labute approximate surface area is 157 Å². The fraction of sp³-hybridized carbons (Fsp3) is 0.429. The van der Waals surface area contributed by atoms with Gasteiger partial charge < -0.3 is 5.32 Å². The third-order valence-corrected chi connectivity index (χ3v) is 7.04. The molecule has 0 spiro atoms. The molecule has 0 aromatic heterocycles. The van der Waals surface area contributed by atoms with Crippen LogP contribution in [-0.4, -0.2) is 35.3 Å². The Kier molecular flexibility index (Phi) is 4.95. The molecule has 2 aliphatic rings. The second-order valence-corrected chi connectivity index (χ2v) is 8.90. The molecule has 1 N–H and O–H groups in total. The van der Waals surface area contributed by atoms with E-state index in [4.69, 9.17) is 0 Å². The molecule has 2 aliphatic heterocycles. The molecule has 0 amide bonds. The van der Waals surface area contributed by atoms with Gasteiger partial charge in [0.05, 0.1) is 10.8 Å². The van der Waals surface area contributed by atoms with E-state index in [2.05, 4.69) is 36.2 Å². The molecular formula is C21H25FN2OS. The van der Waals surface area contributed by atoms with Gasteiger partial charge in [0.1, 0.15) is 5.82 Å². The van der Waals surface area contributed by atoms with E-state index in [1.54, 1.807) is 0 Å². The number of hydrogen-bond donors (Lipinski definition) is 1. The minimum Gasteiger partial charge on any atom is -0.314 e. The maximum Gasteiger partial charge on any atom is 0.124 e. The fourth-order valence-corrected chi connectivity index (χ4v) is 5.43. The monoisotopic (exact) mass is 372 g/mol. The first-order valence-electron chi connectivity index (χ1n) is 9.33. The second-order valence-electron chi connectivity index (χ2n) is 7.48. The van der Waals surface area contributed by atoms with Crippen molar-refractivity contribution < 1.29 is 8.60 Å². The topological polar surface area (TPSA) is 32.3 Å². The van der Waals surface area contributed by atoms with E-state index < -0.39 is 10.8 Å². The summed E-state index contributed by atoms with van der Waals surface area (Å²) in [6.07, 6.45) is 0.774. The van der Waals surface area contributed by atoms with Gasteiger partial charge in [-0.25, -0.2) is 8.60 Å². The molecule has 5 heteroatoms. The molecular weight excluding hydrogens is 347 g/mol. The largest absolute Gasteiger partial charge is 0.314 e. The smallest absolute Gasteiger partial charge is 0.124 e. The van der Waals surface area contributed by atoms with E-state index in [0.29, 0.717) is 10.8 Å². The lowest BCUT2D eigenvalue weighted by Crippen LogP contribution is -2.45. The van der Waals surface area contributed by atoms with Crippen molar-refractivity contribution in [1.82, 2.24) is 10.2 Å². The van der Waals surface area contributed by atoms with Crippen LogP contribution >= 0.6 is 0 Å². The van der Waals surface area contributed by atoms with Gasteiger partial charge in [-0.2, -0.15) is 0 Å². The molecule has 0 saturated carbocycles. The molecule has 26 heavy (non-hydrogen) atoms. The van der Waals surface area contributed by atoms with Crippen molar-refractivity contribution in [2.75, 3.05) is 26.2 Å². The number of piperazine rings is 1. The Bertz CT molecular complexity index is 846. The molecule has 2 aromatic rings. The van der Waals surface area contributed by atoms with E-state index in [9.17, 15) is 8.60 Å². The minimum absolute atomic E-state index is 0.182. The third kappa shape index (κ3) is 3.24. The number of nitrogens with zero attached hydrogens (tertiary/aromatic N) is 1. The van der Waals surface area contributed by atoms with Gasteiger partial charge in [0, 0.05) is 42.0 Å². The molecule has 0 radical (unpaired) electrons. The molecule has 1 saturated heterocycles. The summed E-state index contributed by atoms with van der Waals surface area (Å²) in [6, 6.07) is 11.2. The van der Waals surface area contributed by atoms with Crippen LogP contribution < -0.4 is 5.32 Å². The van der Waals surface area contributed by atoms with Crippen LogP contribution in [0, 0.1) is 5.82 Å². The van der Waals surface area contributed by atoms with E-state index in [-0.39, 0.29) is 11.9 Å². The van der Waals surface area contributed by atoms with Crippen LogP contribution in [0.1, 0.15) is 42.5 Å². The first-order valence-corrected chi connectivity index (χ1v) is 10.5. The van der Waals surface area contributed by atoms with Crippen LogP contribution in [0.3, 0.4) is 0 Å². The number of benzene rings is 2. The van der Waals surface area contributed by atoms with Crippen LogP contribution in [0.5, 0.6) is 0 Å². The maximum atomic E-state index is 13.8. The van der Waals surface area contributed by atoms with Crippen molar-refractivity contribution in [3.8, 4) is 0 Å². The van der Waals surface area contributed by atoms with Crippen LogP contribution in [0.2, 0.25) is 0 Å². The van der Waals surface area contributed by atoms with Crippen molar-refractivity contribution >= 4 is 10.8 Å². The summed E-state index contributed by atoms with van der Waals surface area (Å²) in [5.41, 5.74) is 3.40. The average Bonchev–Trinajstić information content (AvgIpc) is 2.77. The molecule has 0 bridgehead atoms. The van der Waals surface area contributed by atoms with E-state index in [0.717, 1.165) is 48.6 Å². The van der Waals surface area contributed by atoms with Crippen molar-refractivity contribution in [3.05, 3.63) is 58.9 Å². The Hall–Kier alpha value is -1.56. The molecule has 1 fully saturated rings. The zero-order chi connectivity index (χ0) is 18.3. The Morgan fingerprint density at radius 3 is 2.62 bits per heavy atom. The standard InChI is InChI=1S/C21H25FN2OS/c1-14(2)15-4-6-20-18(11-15)19(24-9-7-23-8-10-24)12-16-3-5-17(22)13-21(16)26(20)25/h3-6,11,13-14,19,23H,7-10,12H2,1-2H3. The van der Waals surface area contributed by atoms with E-state index >= 15 is 0 Å². The molecule has 2 heterocycles. The zero-order valence-corrected chi connectivity index (χ0v) is 16.1. The Morgan fingerprint density at radius 2 is 1.88 bits per heavy atom. The van der Waals surface area contributed by atoms with Gasteiger partial charge in [-0.05, 0) is 47.2 Å². The van der Waals surface area contributed by atoms with Gasteiger partial charge in [0.15, 0.2) is 0 Å². The number of hydrogen-bond acceptors (Lipinski definition) is 3. The number of halogens is 1. The van der Waals surface area contributed by atoms with Gasteiger partial charge >= 0.3 is 0 Å². The van der Waals surface area contributed by atoms with Gasteiger partial charge in [-0.1, -0.05) is 32.0 Å². The molecule has 138 valence electrons. The Balaban J connectivity index is 1.88. The summed E-state index contributed by atoms with van der Waals surface area (Å²) >= 11 is 0. The van der Waals surface area contributed by atoms with Gasteiger partial charge in [0.2, 0.25) is 0 Å². The highest BCUT2D eigenvalue weighted by Crippen LogP contribution is 2.38. The lowest BCUT2D eigenvalue weighted by atomic mass is 9.93. The predicted octanol–water partition coefficient (Wildman–Crippen LogP) is 3.62. The van der Waals surface area contributed by atoms with Gasteiger partial charge in [0.25, 0.3) is 0 Å². The normalized spacial score (nSPS) is 23.4. The molecule has 2 atom stereocenters. The summed E-state index contributed by atoms with van der Waals surface area (Å²) in [7, 11) is -1.35. The quantitative estimate of drug-likeness (QED) is 0.874. The van der Waals surface area contributed by atoms with E-state index in [1.807, 2.05) is 12.1 Å². The molecule has 4 rings (SSSR count). The fourth-order valence-electron chi connectivity index (χ4n) is 3.98. The highest BCUT2D eigenvalue weighted by molar-refractivity contribution is 7.85. The summed E-state index contributed by atoms with van der Waals surface area (Å²) in [5, 5.41) is 3.41. The summed E-state index contributed by atoms with van der Waals surface area (Å²) in [4.78, 5) is 3.94. The summed E-state index contributed by atoms with van der Waals surface area (Å²) in [6.45, 7) is 8.24. The first kappa shape index (κ1) is 17.8. The molecule has 2 unspecified atom stereocenters. The predicted molar refractivity (Wildman–Crippen MR) is 102 cm³/mol. The van der Waals surface area contributed by atoms with Crippen LogP contribution in [0.4, 0.5) is 4.39 Å². The third-order valence-electron chi connectivity index (χ3n) is 5.49. The van der Waals surface area contributed by atoms with Crippen LogP contribution in [0.15, 0.2) is 46.2 Å². The zero-order valence-electron chi connectivity index (χ0n) is 15.3. The van der Waals surface area contributed by atoms with Crippen molar-refractivity contribution in [2.45, 2.75) is 42.0 Å². The average molecular weight is 373 g/mol. The minimum atomic E-state index is -1.35. The number of rotatable bonds is 2. The van der Waals surface area contributed by atoms with Crippen LogP contribution in [-0.2, 0) is 17.2 Å². The molecule has 3 nitrogen and oxygen atoms in total. The van der Waals surface area contributed by atoms with E-state index in [1.165, 1.54) is 17.7 Å². The summed E-state index contributed by atoms with van der Waals surface area (Å²) in [5.74, 6) is 0.0959. The Morgan fingerprint density at radius 1 is 1.12 bits per heavy atom. The lowest BCUT2D eigenvalue weighted by molar-refractivity contribution is 0.170. The highest BCUT2D eigenvalue weighted by atomic mass is 32.2. The van der Waals surface area contributed by atoms with Crippen molar-refractivity contribution in [3.63, 3.8) is 0 Å². The number of fused-ring (bicyclic) bond motifs is 2. The first-order chi connectivity index (χ1) is 12.5. The van der Waals surface area contributed by atoms with Crippen LogP contribution in [0.25, 0.3) is 0 Å². The van der Waals surface area contributed by atoms with Crippen molar-refractivity contribution in [2.24, 2.45) is 0 Å². The summed E-state index contributed by atoms with van der Waals surface area (Å²) < 4.78 is 27.1.